The normalized spacial score (nSPS) is 11.6. The Morgan fingerprint density at radius 1 is 1.09 bits per heavy atom. The molecule has 1 aromatic heterocycles. The molecule has 0 radical (unpaired) electrons. The highest BCUT2D eigenvalue weighted by Gasteiger charge is 2.26. The van der Waals surface area contributed by atoms with Crippen LogP contribution in [0.25, 0.3) is 16.7 Å². The Balaban J connectivity index is 2.11. The lowest BCUT2D eigenvalue weighted by Gasteiger charge is -2.27. The first-order chi connectivity index (χ1) is 15.1. The van der Waals surface area contributed by atoms with E-state index in [1.807, 2.05) is 36.4 Å². The highest BCUT2D eigenvalue weighted by molar-refractivity contribution is 6.43. The Hall–Kier alpha value is -3.28. The summed E-state index contributed by atoms with van der Waals surface area (Å²) in [6.45, 7) is 11.6. The number of carbonyl (C=O) groups excluding carboxylic acids is 2. The van der Waals surface area contributed by atoms with Crippen LogP contribution in [0.15, 0.2) is 48.6 Å². The van der Waals surface area contributed by atoms with Crippen molar-refractivity contribution in [1.29, 1.82) is 0 Å². The molecular weight excluding hydrogens is 402 g/mol. The molecule has 6 nitrogen and oxygen atoms in total. The summed E-state index contributed by atoms with van der Waals surface area (Å²) >= 11 is 0. The van der Waals surface area contributed by atoms with Crippen molar-refractivity contribution in [3.05, 3.63) is 59.7 Å². The van der Waals surface area contributed by atoms with Gasteiger partial charge in [0.1, 0.15) is 22.5 Å². The van der Waals surface area contributed by atoms with Gasteiger partial charge in [-0.25, -0.2) is 0 Å². The number of phenolic OH excluding ortho intramolecular Hbond substituents is 1. The Morgan fingerprint density at radius 3 is 2.28 bits per heavy atom. The monoisotopic (exact) mass is 433 g/mol. The zero-order valence-electron chi connectivity index (χ0n) is 19.3. The zero-order valence-corrected chi connectivity index (χ0v) is 19.3. The molecule has 0 atom stereocenters. The van der Waals surface area contributed by atoms with Gasteiger partial charge < -0.3 is 5.11 Å². The van der Waals surface area contributed by atoms with Crippen LogP contribution in [0, 0.1) is 0 Å². The molecule has 3 rings (SSSR count). The van der Waals surface area contributed by atoms with Crippen molar-refractivity contribution < 1.29 is 14.7 Å². The number of allylic oxidation sites excluding steroid dienone is 1. The first-order valence-electron chi connectivity index (χ1n) is 11.1. The van der Waals surface area contributed by atoms with Gasteiger partial charge in [0, 0.05) is 12.0 Å². The minimum absolute atomic E-state index is 0.0960. The highest BCUT2D eigenvalue weighted by atomic mass is 16.3. The highest BCUT2D eigenvalue weighted by Crippen LogP contribution is 2.36. The minimum Gasteiger partial charge on any atom is -0.505 e. The third-order valence-corrected chi connectivity index (χ3v) is 5.85. The topological polar surface area (TPSA) is 85.1 Å². The van der Waals surface area contributed by atoms with Crippen LogP contribution < -0.4 is 0 Å². The molecule has 0 bridgehead atoms. The van der Waals surface area contributed by atoms with Crippen molar-refractivity contribution in [2.75, 3.05) is 0 Å². The van der Waals surface area contributed by atoms with E-state index in [9.17, 15) is 14.7 Å². The van der Waals surface area contributed by atoms with Gasteiger partial charge in [-0.2, -0.15) is 0 Å². The lowest BCUT2D eigenvalue weighted by atomic mass is 9.78. The standard InChI is InChI=1S/C26H31N3O3/c1-6-7-10-13-26(4,5)19-14-18(15-23(30)24(31)17(2)3)25(32)22(16-19)29-27-20-11-8-9-12-21(20)28-29/h8-9,11-12,14,16,32H,2,6-7,10,13,15H2,1,3-5H3. The molecule has 0 amide bonds. The van der Waals surface area contributed by atoms with Crippen LogP contribution in [0.4, 0.5) is 0 Å². The second-order valence-corrected chi connectivity index (χ2v) is 9.03. The number of aromatic hydroxyl groups is 1. The molecule has 6 heteroatoms. The number of hydrogen-bond donors (Lipinski definition) is 1. The van der Waals surface area contributed by atoms with Crippen LogP contribution in [0.1, 0.15) is 64.5 Å². The Kier molecular flexibility index (Phi) is 6.92. The fraction of sp³-hybridized carbons (Fsp3) is 0.385. The summed E-state index contributed by atoms with van der Waals surface area (Å²) in [7, 11) is 0. The van der Waals surface area contributed by atoms with Crippen LogP contribution >= 0.6 is 0 Å². The van der Waals surface area contributed by atoms with Crippen molar-refractivity contribution in [3.8, 4) is 11.4 Å². The van der Waals surface area contributed by atoms with Crippen LogP contribution in [0.5, 0.6) is 5.75 Å². The Labute approximate surface area is 189 Å². The molecule has 0 saturated carbocycles. The number of Topliss-reactive ketones (excluding diaryl/α,β-unsaturated/α-hetero) is 2. The summed E-state index contributed by atoms with van der Waals surface area (Å²) in [5.41, 5.74) is 3.15. The number of rotatable bonds is 10. The summed E-state index contributed by atoms with van der Waals surface area (Å²) < 4.78 is 0. The van der Waals surface area contributed by atoms with E-state index in [2.05, 4.69) is 37.5 Å². The van der Waals surface area contributed by atoms with E-state index in [1.165, 1.54) is 11.7 Å². The van der Waals surface area contributed by atoms with Crippen molar-refractivity contribution in [1.82, 2.24) is 15.0 Å². The number of unbranched alkanes of at least 4 members (excludes halogenated alkanes) is 2. The summed E-state index contributed by atoms with van der Waals surface area (Å²) in [6, 6.07) is 11.2. The van der Waals surface area contributed by atoms with E-state index in [0.29, 0.717) is 22.3 Å². The number of nitrogens with zero attached hydrogens (tertiary/aromatic N) is 3. The maximum Gasteiger partial charge on any atom is 0.224 e. The maximum absolute atomic E-state index is 12.5. The smallest absolute Gasteiger partial charge is 0.224 e. The molecular formula is C26H31N3O3. The van der Waals surface area contributed by atoms with Gasteiger partial charge >= 0.3 is 0 Å². The Morgan fingerprint density at radius 2 is 1.72 bits per heavy atom. The fourth-order valence-corrected chi connectivity index (χ4v) is 3.78. The summed E-state index contributed by atoms with van der Waals surface area (Å²) in [5, 5.41) is 20.1. The van der Waals surface area contributed by atoms with Crippen LogP contribution in [-0.4, -0.2) is 31.7 Å². The average Bonchev–Trinajstić information content (AvgIpc) is 3.18. The van der Waals surface area contributed by atoms with Crippen LogP contribution in [-0.2, 0) is 21.4 Å². The maximum atomic E-state index is 12.5. The van der Waals surface area contributed by atoms with Gasteiger partial charge in [0.05, 0.1) is 0 Å². The van der Waals surface area contributed by atoms with Gasteiger partial charge in [-0.1, -0.05) is 64.8 Å². The third kappa shape index (κ3) is 4.96. The van der Waals surface area contributed by atoms with Crippen molar-refractivity contribution in [2.45, 2.75) is 65.2 Å². The molecule has 3 aromatic rings. The van der Waals surface area contributed by atoms with Crippen LogP contribution in [0.3, 0.4) is 0 Å². The third-order valence-electron chi connectivity index (χ3n) is 5.85. The molecule has 0 saturated heterocycles. The number of hydrogen-bond acceptors (Lipinski definition) is 5. The number of benzene rings is 2. The van der Waals surface area contributed by atoms with Gasteiger partial charge in [-0.05, 0) is 48.1 Å². The summed E-state index contributed by atoms with van der Waals surface area (Å²) in [4.78, 5) is 26.0. The molecule has 168 valence electrons. The molecule has 1 N–H and O–H groups in total. The first-order valence-corrected chi connectivity index (χ1v) is 11.1. The Bertz CT molecular complexity index is 1140. The van der Waals surface area contributed by atoms with Gasteiger partial charge in [-0.15, -0.1) is 15.0 Å². The number of fused-ring (bicyclic) bond motifs is 1. The molecule has 0 fully saturated rings. The van der Waals surface area contributed by atoms with Crippen molar-refractivity contribution in [3.63, 3.8) is 0 Å². The van der Waals surface area contributed by atoms with E-state index < -0.39 is 11.6 Å². The van der Waals surface area contributed by atoms with E-state index in [1.54, 1.807) is 0 Å². The zero-order chi connectivity index (χ0) is 23.5. The molecule has 1 heterocycles. The quantitative estimate of drug-likeness (QED) is 0.268. The lowest BCUT2D eigenvalue weighted by molar-refractivity contribution is -0.133. The lowest BCUT2D eigenvalue weighted by Crippen LogP contribution is -2.20. The molecule has 0 spiro atoms. The van der Waals surface area contributed by atoms with Gasteiger partial charge in [0.15, 0.2) is 0 Å². The summed E-state index contributed by atoms with van der Waals surface area (Å²) in [5.74, 6) is -1.32. The van der Waals surface area contributed by atoms with Gasteiger partial charge in [0.25, 0.3) is 0 Å². The fourth-order valence-electron chi connectivity index (χ4n) is 3.78. The number of ketones is 2. The largest absolute Gasteiger partial charge is 0.505 e. The van der Waals surface area contributed by atoms with Crippen LogP contribution in [0.2, 0.25) is 0 Å². The molecule has 0 aliphatic heterocycles. The van der Waals surface area contributed by atoms with E-state index in [-0.39, 0.29) is 23.2 Å². The molecule has 32 heavy (non-hydrogen) atoms. The van der Waals surface area contributed by atoms with E-state index in [4.69, 9.17) is 0 Å². The van der Waals surface area contributed by atoms with Crippen molar-refractivity contribution in [2.24, 2.45) is 0 Å². The number of phenols is 1. The SMILES string of the molecule is C=C(C)C(=O)C(=O)Cc1cc(C(C)(C)CCCCC)cc(-n2nc3ccccc3n2)c1O. The second-order valence-electron chi connectivity index (χ2n) is 9.03. The van der Waals surface area contributed by atoms with Gasteiger partial charge in [0.2, 0.25) is 11.6 Å². The minimum atomic E-state index is -0.624. The molecule has 0 aliphatic rings. The average molecular weight is 434 g/mol. The van der Waals surface area contributed by atoms with Crippen molar-refractivity contribution >= 4 is 22.6 Å². The molecule has 2 aromatic carbocycles. The van der Waals surface area contributed by atoms with Gasteiger partial charge in [-0.3, -0.25) is 9.59 Å². The predicted molar refractivity (Wildman–Crippen MR) is 126 cm³/mol. The van der Waals surface area contributed by atoms with E-state index >= 15 is 0 Å². The number of aromatic nitrogens is 3. The number of carbonyl (C=O) groups is 2. The summed E-state index contributed by atoms with van der Waals surface area (Å²) in [6.07, 6.45) is 4.09. The first kappa shape index (κ1) is 23.4. The molecule has 0 unspecified atom stereocenters. The second kappa shape index (κ2) is 9.47. The van der Waals surface area contributed by atoms with E-state index in [0.717, 1.165) is 31.2 Å². The molecule has 0 aliphatic carbocycles. The predicted octanol–water partition coefficient (Wildman–Crippen LogP) is 5.24.